The Morgan fingerprint density at radius 3 is 2.50 bits per heavy atom. The highest BCUT2D eigenvalue weighted by atomic mass is 35.5. The number of alkyl halides is 3. The van der Waals surface area contributed by atoms with Crippen LogP contribution in [0.3, 0.4) is 0 Å². The second-order valence-corrected chi connectivity index (χ2v) is 10.0. The minimum absolute atomic E-state index is 0.00242. The van der Waals surface area contributed by atoms with E-state index in [1.807, 2.05) is 18.2 Å². The minimum Gasteiger partial charge on any atom is -0.320 e. The fourth-order valence-corrected chi connectivity index (χ4v) is 5.53. The highest BCUT2D eigenvalue weighted by Crippen LogP contribution is 2.37. The monoisotopic (exact) mass is 518 g/mol. The molecule has 2 amide bonds. The smallest absolute Gasteiger partial charge is 0.320 e. The summed E-state index contributed by atoms with van der Waals surface area (Å²) in [4.78, 5) is 17.5. The van der Waals surface area contributed by atoms with E-state index in [0.717, 1.165) is 75.9 Å². The van der Waals surface area contributed by atoms with Crippen LogP contribution in [0.25, 0.3) is 0 Å². The summed E-state index contributed by atoms with van der Waals surface area (Å²) < 4.78 is 39.9. The highest BCUT2D eigenvalue weighted by Gasteiger charge is 2.34. The van der Waals surface area contributed by atoms with Crippen molar-refractivity contribution in [2.24, 2.45) is 0 Å². The Hall–Kier alpha value is -2.76. The van der Waals surface area contributed by atoms with Crippen LogP contribution in [-0.4, -0.2) is 48.1 Å². The molecule has 1 heterocycles. The number of urea groups is 1. The summed E-state index contributed by atoms with van der Waals surface area (Å²) in [7, 11) is 0. The number of rotatable bonds is 6. The number of nitrogens with zero attached hydrogens (tertiary/aromatic N) is 3. The van der Waals surface area contributed by atoms with Crippen LogP contribution in [0, 0.1) is 11.3 Å². The predicted octanol–water partition coefficient (Wildman–Crippen LogP) is 6.89. The summed E-state index contributed by atoms with van der Waals surface area (Å²) in [5, 5.41) is 11.5. The summed E-state index contributed by atoms with van der Waals surface area (Å²) >= 11 is 5.74. The second kappa shape index (κ2) is 11.5. The molecule has 0 aromatic heterocycles. The molecule has 2 aromatic rings. The van der Waals surface area contributed by atoms with Crippen molar-refractivity contribution in [3.8, 4) is 6.07 Å². The normalized spacial score (nSPS) is 20.6. The first-order chi connectivity index (χ1) is 17.2. The van der Waals surface area contributed by atoms with Crippen LogP contribution >= 0.6 is 11.6 Å². The lowest BCUT2D eigenvalue weighted by atomic mass is 9.81. The number of hydrogen-bond acceptors (Lipinski definition) is 3. The number of amides is 2. The summed E-state index contributed by atoms with van der Waals surface area (Å²) in [5.74, 6) is 0.323. The van der Waals surface area contributed by atoms with E-state index in [1.165, 1.54) is 6.07 Å². The van der Waals surface area contributed by atoms with Crippen LogP contribution in [0.15, 0.2) is 42.5 Å². The predicted molar refractivity (Wildman–Crippen MR) is 134 cm³/mol. The van der Waals surface area contributed by atoms with Crippen molar-refractivity contribution in [2.75, 3.05) is 31.5 Å². The third-order valence-corrected chi connectivity index (χ3v) is 7.59. The molecule has 2 aromatic carbocycles. The molecule has 1 N–H and O–H groups in total. The Morgan fingerprint density at radius 2 is 1.83 bits per heavy atom. The lowest BCUT2D eigenvalue weighted by Crippen LogP contribution is -2.47. The largest absolute Gasteiger partial charge is 0.417 e. The van der Waals surface area contributed by atoms with Gasteiger partial charge >= 0.3 is 12.2 Å². The molecule has 0 atom stereocenters. The van der Waals surface area contributed by atoms with Crippen LogP contribution in [0.2, 0.25) is 5.02 Å². The summed E-state index contributed by atoms with van der Waals surface area (Å²) in [5.41, 5.74) is 0.888. The molecule has 36 heavy (non-hydrogen) atoms. The van der Waals surface area contributed by atoms with E-state index in [4.69, 9.17) is 11.6 Å². The molecule has 0 radical (unpaired) electrons. The van der Waals surface area contributed by atoms with Gasteiger partial charge < -0.3 is 15.1 Å². The quantitative estimate of drug-likeness (QED) is 0.453. The molecular weight excluding hydrogens is 489 g/mol. The lowest BCUT2D eigenvalue weighted by molar-refractivity contribution is -0.137. The molecule has 2 aliphatic rings. The van der Waals surface area contributed by atoms with Crippen LogP contribution < -0.4 is 5.32 Å². The Kier molecular flexibility index (Phi) is 8.43. The fourth-order valence-electron chi connectivity index (χ4n) is 5.30. The van der Waals surface area contributed by atoms with Gasteiger partial charge in [0.25, 0.3) is 0 Å². The molecule has 4 rings (SSSR count). The van der Waals surface area contributed by atoms with Gasteiger partial charge in [-0.3, -0.25) is 0 Å². The van der Waals surface area contributed by atoms with Gasteiger partial charge in [-0.1, -0.05) is 23.7 Å². The molecule has 1 saturated carbocycles. The molecule has 2 fully saturated rings. The van der Waals surface area contributed by atoms with E-state index in [2.05, 4.69) is 16.3 Å². The Morgan fingerprint density at radius 1 is 1.11 bits per heavy atom. The molecule has 9 heteroatoms. The summed E-state index contributed by atoms with van der Waals surface area (Å²) in [6.45, 7) is 3.27. The van der Waals surface area contributed by atoms with Gasteiger partial charge in [-0.15, -0.1) is 0 Å². The van der Waals surface area contributed by atoms with Crippen molar-refractivity contribution in [1.29, 1.82) is 5.26 Å². The van der Waals surface area contributed by atoms with E-state index >= 15 is 0 Å². The van der Waals surface area contributed by atoms with Gasteiger partial charge in [-0.05, 0) is 93.4 Å². The Bertz CT molecular complexity index is 1100. The van der Waals surface area contributed by atoms with Crippen molar-refractivity contribution in [3.63, 3.8) is 0 Å². The van der Waals surface area contributed by atoms with Gasteiger partial charge in [-0.25, -0.2) is 4.79 Å². The molecule has 5 nitrogen and oxygen atoms in total. The molecule has 192 valence electrons. The maximum Gasteiger partial charge on any atom is 0.417 e. The number of benzene rings is 2. The summed E-state index contributed by atoms with van der Waals surface area (Å²) in [6.07, 6.45) is 1.04. The average molecular weight is 519 g/mol. The van der Waals surface area contributed by atoms with E-state index in [9.17, 15) is 23.2 Å². The maximum atomic E-state index is 13.3. The lowest BCUT2D eigenvalue weighted by Gasteiger charge is -2.38. The van der Waals surface area contributed by atoms with Crippen molar-refractivity contribution >= 4 is 23.3 Å². The van der Waals surface area contributed by atoms with Crippen LogP contribution in [0.5, 0.6) is 0 Å². The number of carbonyl (C=O) groups excluding carboxylic acids is 1. The molecule has 1 saturated heterocycles. The standard InChI is InChI=1S/C27H30ClF3N4O/c28-25-11-8-22(17-24(25)27(29,30)31)33-26(36)35(15-14-34-12-1-2-13-34)23-9-6-20(7-10-23)21-5-3-4-19(16-21)18-32/h3-5,8,11,16-17,20,23H,1-2,6-7,9-10,12-15H2,(H,33,36)/t20-,23+. The topological polar surface area (TPSA) is 59.4 Å². The number of nitrogens with one attached hydrogen (secondary N) is 1. The zero-order chi connectivity index (χ0) is 25.7. The Labute approximate surface area is 214 Å². The molecule has 0 bridgehead atoms. The van der Waals surface area contributed by atoms with E-state index in [-0.39, 0.29) is 17.8 Å². The number of hydrogen-bond donors (Lipinski definition) is 1. The number of carbonyl (C=O) groups is 1. The molecule has 0 spiro atoms. The third-order valence-electron chi connectivity index (χ3n) is 7.26. The van der Waals surface area contributed by atoms with Crippen molar-refractivity contribution < 1.29 is 18.0 Å². The van der Waals surface area contributed by atoms with Crippen molar-refractivity contribution in [1.82, 2.24) is 9.80 Å². The SMILES string of the molecule is N#Cc1cccc([C@H]2CC[C@@H](N(CCN3CCCC3)C(=O)Nc3ccc(Cl)c(C(F)(F)F)c3)CC2)c1. The van der Waals surface area contributed by atoms with E-state index < -0.39 is 16.8 Å². The number of halogens is 4. The van der Waals surface area contributed by atoms with E-state index in [1.54, 1.807) is 11.0 Å². The second-order valence-electron chi connectivity index (χ2n) is 9.61. The molecular formula is C27H30ClF3N4O. The van der Waals surface area contributed by atoms with Gasteiger partial charge in [-0.2, -0.15) is 18.4 Å². The first-order valence-corrected chi connectivity index (χ1v) is 12.8. The number of likely N-dealkylation sites (tertiary alicyclic amines) is 1. The van der Waals surface area contributed by atoms with Gasteiger partial charge in [0.05, 0.1) is 22.2 Å². The van der Waals surface area contributed by atoms with Crippen molar-refractivity contribution in [2.45, 2.75) is 56.7 Å². The zero-order valence-electron chi connectivity index (χ0n) is 20.0. The average Bonchev–Trinajstić information content (AvgIpc) is 3.39. The number of anilines is 1. The first kappa shape index (κ1) is 26.3. The Balaban J connectivity index is 1.46. The molecule has 1 aliphatic carbocycles. The van der Waals surface area contributed by atoms with Crippen LogP contribution in [0.4, 0.5) is 23.7 Å². The van der Waals surface area contributed by atoms with Gasteiger partial charge in [0, 0.05) is 24.8 Å². The molecule has 1 aliphatic heterocycles. The highest BCUT2D eigenvalue weighted by molar-refractivity contribution is 6.31. The molecule has 0 unspecified atom stereocenters. The van der Waals surface area contributed by atoms with Gasteiger partial charge in [0.15, 0.2) is 0 Å². The fraction of sp³-hybridized carbons (Fsp3) is 0.481. The number of nitriles is 1. The van der Waals surface area contributed by atoms with Crippen LogP contribution in [0.1, 0.15) is 61.1 Å². The van der Waals surface area contributed by atoms with E-state index in [0.29, 0.717) is 18.0 Å². The first-order valence-electron chi connectivity index (χ1n) is 12.4. The van der Waals surface area contributed by atoms with Gasteiger partial charge in [0.2, 0.25) is 0 Å². The third kappa shape index (κ3) is 6.51. The van der Waals surface area contributed by atoms with Crippen LogP contribution in [-0.2, 0) is 6.18 Å². The van der Waals surface area contributed by atoms with Crippen molar-refractivity contribution in [3.05, 3.63) is 64.2 Å². The summed E-state index contributed by atoms with van der Waals surface area (Å²) in [6, 6.07) is 12.9. The van der Waals surface area contributed by atoms with Gasteiger partial charge in [0.1, 0.15) is 0 Å². The zero-order valence-corrected chi connectivity index (χ0v) is 20.8. The maximum absolute atomic E-state index is 13.3. The minimum atomic E-state index is -4.60.